The van der Waals surface area contributed by atoms with Gasteiger partial charge in [0.05, 0.1) is 15.8 Å². The molecule has 0 saturated carbocycles. The molecule has 2 heterocycles. The van der Waals surface area contributed by atoms with Gasteiger partial charge in [-0.05, 0) is 42.8 Å². The number of nitrogens with zero attached hydrogens (tertiary/aromatic N) is 1. The van der Waals surface area contributed by atoms with Crippen LogP contribution in [-0.4, -0.2) is 16.1 Å². The van der Waals surface area contributed by atoms with Gasteiger partial charge < -0.3 is 9.73 Å². The maximum absolute atomic E-state index is 12.6. The summed E-state index contributed by atoms with van der Waals surface area (Å²) in [7, 11) is 0. The number of carbonyl (C=O) groups excluding carboxylic acids is 1. The van der Waals surface area contributed by atoms with Crippen LogP contribution in [-0.2, 0) is 10.5 Å². The molecule has 0 saturated heterocycles. The van der Waals surface area contributed by atoms with Crippen molar-refractivity contribution in [3.05, 3.63) is 58.8 Å². The molecule has 0 spiro atoms. The molecule has 1 unspecified atom stereocenters. The predicted molar refractivity (Wildman–Crippen MR) is 114 cm³/mol. The normalized spacial score (nSPS) is 12.3. The fraction of sp³-hybridized carbons (Fsp3) is 0.333. The third-order valence-corrected chi connectivity index (χ3v) is 6.32. The number of rotatable bonds is 7. The average molecular weight is 401 g/mol. The van der Waals surface area contributed by atoms with Crippen LogP contribution >= 0.6 is 23.1 Å². The lowest BCUT2D eigenvalue weighted by atomic mass is 10.0. The Morgan fingerprint density at radius 2 is 2.00 bits per heavy atom. The summed E-state index contributed by atoms with van der Waals surface area (Å²) in [5, 5.41) is 4.88. The molecule has 0 aliphatic carbocycles. The van der Waals surface area contributed by atoms with E-state index in [1.165, 1.54) is 0 Å². The molecule has 1 amide bonds. The van der Waals surface area contributed by atoms with E-state index in [-0.39, 0.29) is 11.2 Å². The number of benzene rings is 1. The molecule has 142 valence electrons. The smallest absolute Gasteiger partial charge is 0.237 e. The number of carbonyl (C=O) groups is 1. The van der Waals surface area contributed by atoms with Crippen LogP contribution in [0.3, 0.4) is 0 Å². The van der Waals surface area contributed by atoms with Gasteiger partial charge in [0.25, 0.3) is 0 Å². The Kier molecular flexibility index (Phi) is 6.39. The summed E-state index contributed by atoms with van der Waals surface area (Å²) in [6, 6.07) is 11.9. The zero-order valence-electron chi connectivity index (χ0n) is 16.0. The van der Waals surface area contributed by atoms with E-state index in [1.54, 1.807) is 23.1 Å². The van der Waals surface area contributed by atoms with Crippen LogP contribution in [0.1, 0.15) is 43.7 Å². The number of aromatic nitrogens is 1. The molecule has 2 aromatic heterocycles. The van der Waals surface area contributed by atoms with Crippen LogP contribution in [0.5, 0.6) is 0 Å². The molecule has 1 aromatic carbocycles. The first-order valence-electron chi connectivity index (χ1n) is 8.97. The second-order valence-corrected chi connectivity index (χ2v) is 8.96. The molecule has 0 fully saturated rings. The molecule has 1 N–H and O–H groups in total. The minimum atomic E-state index is -0.188. The summed E-state index contributed by atoms with van der Waals surface area (Å²) in [6.45, 7) is 8.10. The molecule has 6 heteroatoms. The molecule has 4 nitrogen and oxygen atoms in total. The van der Waals surface area contributed by atoms with Crippen molar-refractivity contribution in [1.82, 2.24) is 4.98 Å². The molecule has 0 radical (unpaired) electrons. The maximum Gasteiger partial charge on any atom is 0.237 e. The van der Waals surface area contributed by atoms with Crippen LogP contribution in [0.4, 0.5) is 5.69 Å². The molecule has 0 aliphatic heterocycles. The zero-order valence-corrected chi connectivity index (χ0v) is 17.6. The van der Waals surface area contributed by atoms with E-state index in [2.05, 4.69) is 30.2 Å². The second-order valence-electron chi connectivity index (χ2n) is 6.68. The monoisotopic (exact) mass is 400 g/mol. The molecule has 3 rings (SSSR count). The molecule has 3 aromatic rings. The number of nitrogens with one attached hydrogen (secondary N) is 1. The quantitative estimate of drug-likeness (QED) is 0.521. The third-order valence-electron chi connectivity index (χ3n) is 4.30. The Morgan fingerprint density at radius 3 is 2.70 bits per heavy atom. The highest BCUT2D eigenvalue weighted by Gasteiger charge is 2.18. The van der Waals surface area contributed by atoms with Crippen molar-refractivity contribution in [2.24, 2.45) is 0 Å². The van der Waals surface area contributed by atoms with Gasteiger partial charge in [0.1, 0.15) is 5.76 Å². The average Bonchev–Trinajstić information content (AvgIpc) is 3.29. The van der Waals surface area contributed by atoms with Gasteiger partial charge in [0.15, 0.2) is 0 Å². The van der Waals surface area contributed by atoms with Gasteiger partial charge in [-0.25, -0.2) is 4.98 Å². The van der Waals surface area contributed by atoms with Crippen molar-refractivity contribution in [2.75, 3.05) is 5.32 Å². The van der Waals surface area contributed by atoms with Crippen molar-refractivity contribution in [1.29, 1.82) is 0 Å². The number of hydrogen-bond donors (Lipinski definition) is 1. The Hall–Kier alpha value is -2.05. The molecule has 0 aliphatic rings. The lowest BCUT2D eigenvalue weighted by molar-refractivity contribution is -0.115. The van der Waals surface area contributed by atoms with Crippen LogP contribution in [0.2, 0.25) is 0 Å². The number of thioether (sulfide) groups is 1. The van der Waals surface area contributed by atoms with Crippen LogP contribution < -0.4 is 5.32 Å². The van der Waals surface area contributed by atoms with Gasteiger partial charge >= 0.3 is 0 Å². The maximum atomic E-state index is 12.6. The van der Waals surface area contributed by atoms with Crippen LogP contribution in [0, 0.1) is 6.92 Å². The van der Waals surface area contributed by atoms with Gasteiger partial charge in [0.2, 0.25) is 11.8 Å². The van der Waals surface area contributed by atoms with Crippen molar-refractivity contribution >= 4 is 34.7 Å². The van der Waals surface area contributed by atoms with Crippen molar-refractivity contribution in [3.8, 4) is 10.8 Å². The highest BCUT2D eigenvalue weighted by molar-refractivity contribution is 7.99. The number of aryl methyl sites for hydroxylation is 1. The number of hydrogen-bond acceptors (Lipinski definition) is 5. The van der Waals surface area contributed by atoms with Crippen molar-refractivity contribution < 1.29 is 9.21 Å². The second kappa shape index (κ2) is 8.76. The fourth-order valence-electron chi connectivity index (χ4n) is 2.70. The first-order chi connectivity index (χ1) is 13.0. The molecular weight excluding hydrogens is 376 g/mol. The minimum absolute atomic E-state index is 0.00716. The third kappa shape index (κ3) is 4.82. The summed E-state index contributed by atoms with van der Waals surface area (Å²) in [5.74, 6) is 2.47. The summed E-state index contributed by atoms with van der Waals surface area (Å²) in [4.78, 5) is 18.2. The van der Waals surface area contributed by atoms with Gasteiger partial charge in [-0.1, -0.05) is 38.1 Å². The predicted octanol–water partition coefficient (Wildman–Crippen LogP) is 6.10. The van der Waals surface area contributed by atoms with Crippen LogP contribution in [0.25, 0.3) is 10.8 Å². The first-order valence-corrected chi connectivity index (χ1v) is 10.9. The summed E-state index contributed by atoms with van der Waals surface area (Å²) >= 11 is 3.17. The van der Waals surface area contributed by atoms with Gasteiger partial charge in [-0.3, -0.25) is 4.79 Å². The Labute approximate surface area is 168 Å². The van der Waals surface area contributed by atoms with E-state index in [4.69, 9.17) is 4.42 Å². The van der Waals surface area contributed by atoms with E-state index < -0.39 is 0 Å². The number of thiophene rings is 1. The largest absolute Gasteiger partial charge is 0.440 e. The summed E-state index contributed by atoms with van der Waals surface area (Å²) in [5.41, 5.74) is 2.93. The Morgan fingerprint density at radius 1 is 1.22 bits per heavy atom. The van der Waals surface area contributed by atoms with E-state index in [0.29, 0.717) is 17.6 Å². The van der Waals surface area contributed by atoms with Crippen molar-refractivity contribution in [3.63, 3.8) is 0 Å². The number of anilines is 1. The molecule has 1 atom stereocenters. The van der Waals surface area contributed by atoms with Crippen LogP contribution in [0.15, 0.2) is 46.2 Å². The SMILES string of the molecule is Cc1oc(-c2cccs2)nc1CSC(C)C(=O)Nc1ccccc1C(C)C. The Bertz CT molecular complexity index is 901. The number of oxazole rings is 1. The summed E-state index contributed by atoms with van der Waals surface area (Å²) in [6.07, 6.45) is 0. The summed E-state index contributed by atoms with van der Waals surface area (Å²) < 4.78 is 5.77. The molecule has 27 heavy (non-hydrogen) atoms. The number of amides is 1. The van der Waals surface area contributed by atoms with Gasteiger partial charge in [-0.15, -0.1) is 23.1 Å². The van der Waals surface area contributed by atoms with Gasteiger partial charge in [0, 0.05) is 11.4 Å². The van der Waals surface area contributed by atoms with Gasteiger partial charge in [-0.2, -0.15) is 0 Å². The fourth-order valence-corrected chi connectivity index (χ4v) is 4.23. The number of para-hydroxylation sites is 1. The zero-order chi connectivity index (χ0) is 19.4. The minimum Gasteiger partial charge on any atom is -0.440 e. The Balaban J connectivity index is 1.61. The van der Waals surface area contributed by atoms with Crippen molar-refractivity contribution in [2.45, 2.75) is 44.6 Å². The highest BCUT2D eigenvalue weighted by Crippen LogP contribution is 2.29. The van der Waals surface area contributed by atoms with E-state index in [9.17, 15) is 4.79 Å². The highest BCUT2D eigenvalue weighted by atomic mass is 32.2. The molecular formula is C21H24N2O2S2. The molecule has 0 bridgehead atoms. The lowest BCUT2D eigenvalue weighted by Crippen LogP contribution is -2.23. The van der Waals surface area contributed by atoms with E-state index in [0.717, 1.165) is 27.6 Å². The standard InChI is InChI=1S/C21H24N2O2S2/c1-13(2)16-8-5-6-9-17(16)22-20(24)15(4)27-12-18-14(3)25-21(23-18)19-10-7-11-26-19/h5-11,13,15H,12H2,1-4H3,(H,22,24). The van der Waals surface area contributed by atoms with E-state index >= 15 is 0 Å². The topological polar surface area (TPSA) is 55.1 Å². The lowest BCUT2D eigenvalue weighted by Gasteiger charge is -2.16. The first kappa shape index (κ1) is 19.7. The van der Waals surface area contributed by atoms with E-state index in [1.807, 2.05) is 49.6 Å².